The highest BCUT2D eigenvalue weighted by Crippen LogP contribution is 2.16. The largest absolute Gasteiger partial charge is 0.342 e. The number of nitro benzene ring substituents is 1. The molecular formula is C12H17N4O4+. The van der Waals surface area contributed by atoms with Crippen LogP contribution in [0.4, 0.5) is 11.4 Å². The molecule has 1 rings (SSSR count). The Morgan fingerprint density at radius 1 is 1.30 bits per heavy atom. The number of quaternary nitrogens is 1. The van der Waals surface area contributed by atoms with Crippen molar-refractivity contribution < 1.29 is 19.4 Å². The van der Waals surface area contributed by atoms with E-state index in [1.807, 2.05) is 14.1 Å². The highest BCUT2D eigenvalue weighted by Gasteiger charge is 2.15. The number of anilines is 1. The van der Waals surface area contributed by atoms with E-state index in [1.165, 1.54) is 24.3 Å². The van der Waals surface area contributed by atoms with Crippen molar-refractivity contribution in [2.45, 2.75) is 0 Å². The Balaban J connectivity index is 2.55. The molecule has 0 saturated carbocycles. The Kier molecular flexibility index (Phi) is 5.60. The summed E-state index contributed by atoms with van der Waals surface area (Å²) in [5.41, 5.74) is 0.0528. The molecule has 0 atom stereocenters. The summed E-state index contributed by atoms with van der Waals surface area (Å²) < 4.78 is 0. The predicted octanol–water partition coefficient (Wildman–Crippen LogP) is -1.21. The van der Waals surface area contributed by atoms with E-state index in [2.05, 4.69) is 10.6 Å². The minimum absolute atomic E-state index is 0.153. The molecule has 8 nitrogen and oxygen atoms in total. The summed E-state index contributed by atoms with van der Waals surface area (Å²) in [6, 6.07) is 5.40. The van der Waals surface area contributed by atoms with E-state index < -0.39 is 16.7 Å². The molecule has 0 aliphatic heterocycles. The average molecular weight is 281 g/mol. The topological polar surface area (TPSA) is 106 Å². The van der Waals surface area contributed by atoms with Crippen molar-refractivity contribution in [3.8, 4) is 0 Å². The maximum absolute atomic E-state index is 11.6. The number of nitrogens with zero attached hydrogens (tertiary/aromatic N) is 1. The van der Waals surface area contributed by atoms with E-state index in [-0.39, 0.29) is 11.4 Å². The number of benzene rings is 1. The third-order valence-electron chi connectivity index (χ3n) is 2.43. The quantitative estimate of drug-likeness (QED) is 0.358. The van der Waals surface area contributed by atoms with Crippen LogP contribution in [-0.4, -0.2) is 43.9 Å². The molecule has 0 heterocycles. The average Bonchev–Trinajstić information content (AvgIpc) is 2.38. The van der Waals surface area contributed by atoms with Crippen LogP contribution in [0.15, 0.2) is 24.3 Å². The molecule has 0 spiro atoms. The zero-order chi connectivity index (χ0) is 15.1. The van der Waals surface area contributed by atoms with Crippen molar-refractivity contribution in [2.24, 2.45) is 0 Å². The van der Waals surface area contributed by atoms with Crippen molar-refractivity contribution in [2.75, 3.05) is 32.5 Å². The van der Waals surface area contributed by atoms with Gasteiger partial charge in [0.25, 0.3) is 5.69 Å². The van der Waals surface area contributed by atoms with Gasteiger partial charge in [0.1, 0.15) is 0 Å². The van der Waals surface area contributed by atoms with Gasteiger partial charge in [0.05, 0.1) is 32.1 Å². The minimum atomic E-state index is -0.848. The first kappa shape index (κ1) is 15.6. The van der Waals surface area contributed by atoms with Crippen molar-refractivity contribution in [3.05, 3.63) is 34.4 Å². The molecule has 8 heteroatoms. The normalized spacial score (nSPS) is 10.2. The fourth-order valence-corrected chi connectivity index (χ4v) is 1.39. The van der Waals surface area contributed by atoms with E-state index >= 15 is 0 Å². The van der Waals surface area contributed by atoms with Gasteiger partial charge in [0.2, 0.25) is 0 Å². The fourth-order valence-electron chi connectivity index (χ4n) is 1.39. The van der Waals surface area contributed by atoms with Crippen molar-refractivity contribution in [1.82, 2.24) is 5.32 Å². The van der Waals surface area contributed by atoms with Crippen LogP contribution in [0.25, 0.3) is 0 Å². The lowest BCUT2D eigenvalue weighted by Crippen LogP contribution is -3.06. The molecule has 0 aliphatic carbocycles. The molecule has 20 heavy (non-hydrogen) atoms. The third-order valence-corrected chi connectivity index (χ3v) is 2.43. The number of amides is 2. The van der Waals surface area contributed by atoms with E-state index in [1.54, 1.807) is 0 Å². The third kappa shape index (κ3) is 5.02. The number of carbonyl (C=O) groups excluding carboxylic acids is 2. The van der Waals surface area contributed by atoms with Crippen LogP contribution in [0.3, 0.4) is 0 Å². The lowest BCUT2D eigenvalue weighted by atomic mass is 10.3. The first-order valence-electron chi connectivity index (χ1n) is 6.03. The second kappa shape index (κ2) is 7.19. The van der Waals surface area contributed by atoms with Gasteiger partial charge in [-0.25, -0.2) is 0 Å². The highest BCUT2D eigenvalue weighted by molar-refractivity contribution is 6.39. The van der Waals surface area contributed by atoms with Crippen LogP contribution in [0.1, 0.15) is 0 Å². The van der Waals surface area contributed by atoms with Crippen LogP contribution in [0, 0.1) is 10.1 Å². The summed E-state index contributed by atoms with van der Waals surface area (Å²) in [6.45, 7) is 1.07. The molecule has 1 aromatic carbocycles. The first-order valence-corrected chi connectivity index (χ1v) is 6.03. The van der Waals surface area contributed by atoms with Crippen LogP contribution in [0.5, 0.6) is 0 Å². The summed E-state index contributed by atoms with van der Waals surface area (Å²) in [4.78, 5) is 34.2. The Morgan fingerprint density at radius 3 is 2.60 bits per heavy atom. The van der Waals surface area contributed by atoms with Gasteiger partial charge in [0, 0.05) is 17.8 Å². The van der Waals surface area contributed by atoms with Crippen LogP contribution >= 0.6 is 0 Å². The van der Waals surface area contributed by atoms with Gasteiger partial charge in [-0.15, -0.1) is 0 Å². The number of carbonyl (C=O) groups is 2. The smallest absolute Gasteiger partial charge is 0.313 e. The van der Waals surface area contributed by atoms with Crippen LogP contribution in [0.2, 0.25) is 0 Å². The van der Waals surface area contributed by atoms with Crippen molar-refractivity contribution in [3.63, 3.8) is 0 Å². The lowest BCUT2D eigenvalue weighted by Gasteiger charge is -2.08. The van der Waals surface area contributed by atoms with E-state index in [0.717, 1.165) is 4.90 Å². The molecule has 0 radical (unpaired) electrons. The summed E-state index contributed by atoms with van der Waals surface area (Å²) in [6.07, 6.45) is 0. The second-order valence-electron chi connectivity index (χ2n) is 4.47. The predicted molar refractivity (Wildman–Crippen MR) is 72.4 cm³/mol. The minimum Gasteiger partial charge on any atom is -0.342 e. The molecule has 0 bridgehead atoms. The first-order chi connectivity index (χ1) is 9.40. The second-order valence-corrected chi connectivity index (χ2v) is 4.47. The molecule has 108 valence electrons. The molecule has 3 N–H and O–H groups in total. The van der Waals surface area contributed by atoms with Gasteiger partial charge in [-0.05, 0) is 6.07 Å². The Labute approximate surface area is 115 Å². The molecule has 0 aromatic heterocycles. The Bertz CT molecular complexity index is 516. The number of rotatable bonds is 5. The van der Waals surface area contributed by atoms with Gasteiger partial charge in [-0.3, -0.25) is 19.7 Å². The number of hydrogen-bond acceptors (Lipinski definition) is 4. The van der Waals surface area contributed by atoms with E-state index in [4.69, 9.17) is 0 Å². The van der Waals surface area contributed by atoms with Gasteiger partial charge in [0.15, 0.2) is 0 Å². The lowest BCUT2D eigenvalue weighted by molar-refractivity contribution is -0.856. The van der Waals surface area contributed by atoms with E-state index in [9.17, 15) is 19.7 Å². The van der Waals surface area contributed by atoms with Gasteiger partial charge in [-0.2, -0.15) is 0 Å². The maximum Gasteiger partial charge on any atom is 0.313 e. The number of hydrogen-bond donors (Lipinski definition) is 3. The molecule has 0 unspecified atom stereocenters. The number of likely N-dealkylation sites (N-methyl/N-ethyl adjacent to an activating group) is 1. The zero-order valence-electron chi connectivity index (χ0n) is 11.3. The molecule has 0 fully saturated rings. The fraction of sp³-hybridized carbons (Fsp3) is 0.333. The molecular weight excluding hydrogens is 264 g/mol. The number of nitrogens with one attached hydrogen (secondary N) is 3. The van der Waals surface area contributed by atoms with Crippen molar-refractivity contribution in [1.29, 1.82) is 0 Å². The summed E-state index contributed by atoms with van der Waals surface area (Å²) in [5.74, 6) is -1.61. The zero-order valence-corrected chi connectivity index (χ0v) is 11.3. The van der Waals surface area contributed by atoms with Gasteiger partial charge < -0.3 is 15.5 Å². The van der Waals surface area contributed by atoms with E-state index in [0.29, 0.717) is 13.1 Å². The number of nitro groups is 1. The van der Waals surface area contributed by atoms with Gasteiger partial charge >= 0.3 is 11.8 Å². The molecule has 1 aromatic rings. The number of non-ortho nitro benzene ring substituents is 1. The summed E-state index contributed by atoms with van der Waals surface area (Å²) >= 11 is 0. The van der Waals surface area contributed by atoms with Crippen LogP contribution < -0.4 is 15.5 Å². The highest BCUT2D eigenvalue weighted by atomic mass is 16.6. The molecule has 0 aliphatic rings. The molecule has 2 amide bonds. The Hall–Kier alpha value is -2.48. The molecule has 0 saturated heterocycles. The van der Waals surface area contributed by atoms with Crippen molar-refractivity contribution >= 4 is 23.2 Å². The summed E-state index contributed by atoms with van der Waals surface area (Å²) in [7, 11) is 3.85. The Morgan fingerprint density at radius 2 is 2.00 bits per heavy atom. The maximum atomic E-state index is 11.6. The summed E-state index contributed by atoms with van der Waals surface area (Å²) in [5, 5.41) is 15.4. The monoisotopic (exact) mass is 281 g/mol. The van der Waals surface area contributed by atoms with Gasteiger partial charge in [-0.1, -0.05) is 6.07 Å². The SMILES string of the molecule is C[NH+](C)CCNC(=O)C(=O)Nc1cccc([N+](=O)[O-])c1. The standard InChI is InChI=1S/C12H16N4O4/c1-15(2)7-6-13-11(17)12(18)14-9-4-3-5-10(8-9)16(19)20/h3-5,8H,6-7H2,1-2H3,(H,13,17)(H,14,18)/p+1. The van der Waals surface area contributed by atoms with Crippen LogP contribution in [-0.2, 0) is 9.59 Å².